The fourth-order valence-corrected chi connectivity index (χ4v) is 2.77. The number of rotatable bonds is 1. The van der Waals surface area contributed by atoms with Gasteiger partial charge in [0.15, 0.2) is 5.43 Å². The molecule has 94 valence electrons. The van der Waals surface area contributed by atoms with Crippen molar-refractivity contribution >= 4 is 10.9 Å². The molecule has 1 aliphatic heterocycles. The Hall–Kier alpha value is -1.61. The molecule has 0 amide bonds. The standard InChI is InChI=1S/C15H18N2O/c1-2-17-9-7-12-14(8-10-17)16-13-6-4-3-5-11(13)15(12)18/h3-6H,2,7-10H2,1H3,(H,16,18). The Balaban J connectivity index is 2.15. The number of H-pyrrole nitrogens is 1. The molecule has 0 atom stereocenters. The Bertz CT molecular complexity index is 630. The molecule has 18 heavy (non-hydrogen) atoms. The summed E-state index contributed by atoms with van der Waals surface area (Å²) in [5.74, 6) is 0. The zero-order valence-electron chi connectivity index (χ0n) is 10.7. The first-order valence-corrected chi connectivity index (χ1v) is 6.64. The highest BCUT2D eigenvalue weighted by atomic mass is 16.1. The van der Waals surface area contributed by atoms with Crippen LogP contribution in [-0.4, -0.2) is 29.5 Å². The van der Waals surface area contributed by atoms with E-state index in [1.54, 1.807) is 0 Å². The fraction of sp³-hybridized carbons (Fsp3) is 0.400. The smallest absolute Gasteiger partial charge is 0.192 e. The lowest BCUT2D eigenvalue weighted by Crippen LogP contribution is -2.26. The van der Waals surface area contributed by atoms with Crippen LogP contribution < -0.4 is 5.43 Å². The van der Waals surface area contributed by atoms with E-state index in [1.165, 1.54) is 0 Å². The topological polar surface area (TPSA) is 36.1 Å². The Morgan fingerprint density at radius 2 is 2.00 bits per heavy atom. The van der Waals surface area contributed by atoms with E-state index >= 15 is 0 Å². The Kier molecular flexibility index (Phi) is 2.92. The lowest BCUT2D eigenvalue weighted by Gasteiger charge is -2.15. The highest BCUT2D eigenvalue weighted by Crippen LogP contribution is 2.15. The Morgan fingerprint density at radius 1 is 1.22 bits per heavy atom. The summed E-state index contributed by atoms with van der Waals surface area (Å²) in [7, 11) is 0. The number of aromatic amines is 1. The van der Waals surface area contributed by atoms with Crippen LogP contribution >= 0.6 is 0 Å². The Morgan fingerprint density at radius 3 is 2.83 bits per heavy atom. The number of aromatic nitrogens is 1. The van der Waals surface area contributed by atoms with Crippen LogP contribution in [0.5, 0.6) is 0 Å². The monoisotopic (exact) mass is 242 g/mol. The highest BCUT2D eigenvalue weighted by Gasteiger charge is 2.17. The largest absolute Gasteiger partial charge is 0.358 e. The summed E-state index contributed by atoms with van der Waals surface area (Å²) < 4.78 is 0. The van der Waals surface area contributed by atoms with E-state index in [9.17, 15) is 4.79 Å². The number of nitrogens with one attached hydrogen (secondary N) is 1. The zero-order chi connectivity index (χ0) is 12.5. The van der Waals surface area contributed by atoms with Gasteiger partial charge in [-0.3, -0.25) is 4.79 Å². The molecule has 3 rings (SSSR count). The molecule has 0 spiro atoms. The molecule has 1 aromatic heterocycles. The molecule has 3 heteroatoms. The molecule has 0 unspecified atom stereocenters. The summed E-state index contributed by atoms with van der Waals surface area (Å²) >= 11 is 0. The summed E-state index contributed by atoms with van der Waals surface area (Å²) in [4.78, 5) is 18.3. The van der Waals surface area contributed by atoms with Crippen LogP contribution in [0.25, 0.3) is 10.9 Å². The summed E-state index contributed by atoms with van der Waals surface area (Å²) in [6.07, 6.45) is 1.81. The van der Waals surface area contributed by atoms with Crippen LogP contribution in [0.1, 0.15) is 18.2 Å². The van der Waals surface area contributed by atoms with Crippen LogP contribution in [0.2, 0.25) is 0 Å². The van der Waals surface area contributed by atoms with Gasteiger partial charge < -0.3 is 9.88 Å². The molecule has 2 aromatic rings. The van der Waals surface area contributed by atoms with E-state index < -0.39 is 0 Å². The number of benzene rings is 1. The predicted molar refractivity (Wildman–Crippen MR) is 74.1 cm³/mol. The summed E-state index contributed by atoms with van der Waals surface area (Å²) in [5.41, 5.74) is 3.31. The molecule has 0 radical (unpaired) electrons. The number of pyridine rings is 1. The maximum atomic E-state index is 12.5. The van der Waals surface area contributed by atoms with E-state index in [1.807, 2.05) is 24.3 Å². The third-order valence-electron chi connectivity index (χ3n) is 3.90. The quantitative estimate of drug-likeness (QED) is 0.829. The predicted octanol–water partition coefficient (Wildman–Crippen LogP) is 1.95. The van der Waals surface area contributed by atoms with Crippen molar-refractivity contribution in [2.24, 2.45) is 0 Å². The van der Waals surface area contributed by atoms with Crippen molar-refractivity contribution < 1.29 is 0 Å². The molecular weight excluding hydrogens is 224 g/mol. The first-order chi connectivity index (χ1) is 8.79. The van der Waals surface area contributed by atoms with Crippen molar-refractivity contribution in [1.82, 2.24) is 9.88 Å². The number of para-hydroxylation sites is 1. The second-order valence-electron chi connectivity index (χ2n) is 4.89. The molecule has 1 N–H and O–H groups in total. The molecule has 0 aliphatic carbocycles. The van der Waals surface area contributed by atoms with Gasteiger partial charge in [0.05, 0.1) is 0 Å². The number of fused-ring (bicyclic) bond motifs is 2. The van der Waals surface area contributed by atoms with Gasteiger partial charge in [-0.1, -0.05) is 19.1 Å². The lowest BCUT2D eigenvalue weighted by atomic mass is 10.0. The number of likely N-dealkylation sites (N-methyl/N-ethyl adjacent to an activating group) is 1. The molecule has 3 nitrogen and oxygen atoms in total. The van der Waals surface area contributed by atoms with Crippen LogP contribution in [0.3, 0.4) is 0 Å². The van der Waals surface area contributed by atoms with Crippen LogP contribution in [0.15, 0.2) is 29.1 Å². The third kappa shape index (κ3) is 1.85. The average Bonchev–Trinajstić information content (AvgIpc) is 2.61. The minimum Gasteiger partial charge on any atom is -0.358 e. The van der Waals surface area contributed by atoms with Gasteiger partial charge in [-0.2, -0.15) is 0 Å². The molecule has 1 aliphatic rings. The minimum absolute atomic E-state index is 0.220. The van der Waals surface area contributed by atoms with E-state index in [2.05, 4.69) is 16.8 Å². The van der Waals surface area contributed by atoms with E-state index in [4.69, 9.17) is 0 Å². The van der Waals surface area contributed by atoms with Gasteiger partial charge in [0.2, 0.25) is 0 Å². The highest BCUT2D eigenvalue weighted by molar-refractivity contribution is 5.79. The summed E-state index contributed by atoms with van der Waals surface area (Å²) in [6, 6.07) is 7.80. The Labute approximate surface area is 106 Å². The summed E-state index contributed by atoms with van der Waals surface area (Å²) in [6.45, 7) is 5.26. The van der Waals surface area contributed by atoms with E-state index in [0.29, 0.717) is 0 Å². The van der Waals surface area contributed by atoms with Gasteiger partial charge in [-0.15, -0.1) is 0 Å². The second-order valence-corrected chi connectivity index (χ2v) is 4.89. The summed E-state index contributed by atoms with van der Waals surface area (Å²) in [5, 5.41) is 0.821. The maximum Gasteiger partial charge on any atom is 0.192 e. The fourth-order valence-electron chi connectivity index (χ4n) is 2.77. The third-order valence-corrected chi connectivity index (χ3v) is 3.90. The molecule has 2 heterocycles. The SMILES string of the molecule is CCN1CCc2[nH]c3ccccc3c(=O)c2CC1. The van der Waals surface area contributed by atoms with E-state index in [0.717, 1.165) is 54.6 Å². The van der Waals surface area contributed by atoms with Crippen LogP contribution in [0, 0.1) is 0 Å². The van der Waals surface area contributed by atoms with Crippen LogP contribution in [-0.2, 0) is 12.8 Å². The first kappa shape index (κ1) is 11.5. The normalized spacial score (nSPS) is 16.5. The number of nitrogens with zero attached hydrogens (tertiary/aromatic N) is 1. The average molecular weight is 242 g/mol. The molecule has 0 saturated carbocycles. The number of hydrogen-bond acceptors (Lipinski definition) is 2. The van der Waals surface area contributed by atoms with Gasteiger partial charge in [-0.25, -0.2) is 0 Å². The minimum atomic E-state index is 0.220. The molecule has 1 aromatic carbocycles. The van der Waals surface area contributed by atoms with Crippen molar-refractivity contribution in [1.29, 1.82) is 0 Å². The van der Waals surface area contributed by atoms with Crippen molar-refractivity contribution in [3.8, 4) is 0 Å². The number of hydrogen-bond donors (Lipinski definition) is 1. The van der Waals surface area contributed by atoms with Gasteiger partial charge in [0.25, 0.3) is 0 Å². The molecular formula is C15H18N2O. The molecule has 0 bridgehead atoms. The first-order valence-electron chi connectivity index (χ1n) is 6.64. The van der Waals surface area contributed by atoms with Gasteiger partial charge in [-0.05, 0) is 25.1 Å². The van der Waals surface area contributed by atoms with Crippen LogP contribution in [0.4, 0.5) is 0 Å². The van der Waals surface area contributed by atoms with Crippen molar-refractivity contribution in [2.45, 2.75) is 19.8 Å². The molecule has 0 fully saturated rings. The second kappa shape index (κ2) is 4.58. The van der Waals surface area contributed by atoms with Gasteiger partial charge in [0, 0.05) is 41.7 Å². The van der Waals surface area contributed by atoms with E-state index in [-0.39, 0.29) is 5.43 Å². The zero-order valence-corrected chi connectivity index (χ0v) is 10.7. The van der Waals surface area contributed by atoms with Crippen molar-refractivity contribution in [3.05, 3.63) is 45.7 Å². The maximum absolute atomic E-state index is 12.5. The van der Waals surface area contributed by atoms with Crippen molar-refractivity contribution in [2.75, 3.05) is 19.6 Å². The van der Waals surface area contributed by atoms with Gasteiger partial charge in [0.1, 0.15) is 0 Å². The molecule has 0 saturated heterocycles. The van der Waals surface area contributed by atoms with Gasteiger partial charge >= 0.3 is 0 Å². The lowest BCUT2D eigenvalue weighted by molar-refractivity contribution is 0.303. The van der Waals surface area contributed by atoms with Crippen molar-refractivity contribution in [3.63, 3.8) is 0 Å².